The van der Waals surface area contributed by atoms with Gasteiger partial charge in [-0.25, -0.2) is 9.97 Å². The van der Waals surface area contributed by atoms with Crippen LogP contribution in [0.3, 0.4) is 0 Å². The molecule has 9 heteroatoms. The Morgan fingerprint density at radius 2 is 1.97 bits per heavy atom. The number of phenolic OH excluding ortho intramolecular Hbond substituents is 1. The smallest absolute Gasteiger partial charge is 0.269 e. The van der Waals surface area contributed by atoms with Crippen LogP contribution in [-0.2, 0) is 0 Å². The first kappa shape index (κ1) is 19.6. The van der Waals surface area contributed by atoms with Gasteiger partial charge in [0.1, 0.15) is 11.4 Å². The number of carbonyl (C=O) groups excluding carboxylic acids is 1. The number of amides is 1. The topological polar surface area (TPSA) is 116 Å². The van der Waals surface area contributed by atoms with Gasteiger partial charge in [-0.2, -0.15) is 0 Å². The summed E-state index contributed by atoms with van der Waals surface area (Å²) in [6, 6.07) is 8.33. The van der Waals surface area contributed by atoms with Crippen LogP contribution < -0.4 is 15.5 Å². The lowest BCUT2D eigenvalue weighted by Crippen LogP contribution is -2.47. The van der Waals surface area contributed by atoms with E-state index in [0.29, 0.717) is 40.7 Å². The monoisotopic (exact) mass is 419 g/mol. The summed E-state index contributed by atoms with van der Waals surface area (Å²) in [6.45, 7) is 0. The number of nitrogens with one attached hydrogen (secondary N) is 2. The number of aromatic nitrogens is 4. The molecule has 1 aromatic carbocycles. The van der Waals surface area contributed by atoms with Crippen LogP contribution in [-0.4, -0.2) is 63.4 Å². The van der Waals surface area contributed by atoms with Gasteiger partial charge in [0.05, 0.1) is 17.3 Å². The van der Waals surface area contributed by atoms with E-state index < -0.39 is 0 Å². The molecule has 2 unspecified atom stereocenters. The SMILES string of the molecule is CNC(=O)c1ccc2cc(-c3ncc(N(C)C4CC5CCC(C4)N5)nn3)c(O)cc2n1. The maximum Gasteiger partial charge on any atom is 0.269 e. The summed E-state index contributed by atoms with van der Waals surface area (Å²) in [5.74, 6) is 0.788. The van der Waals surface area contributed by atoms with Gasteiger partial charge >= 0.3 is 0 Å². The van der Waals surface area contributed by atoms with Gasteiger partial charge in [0.15, 0.2) is 11.6 Å². The number of pyridine rings is 1. The predicted molar refractivity (Wildman–Crippen MR) is 117 cm³/mol. The summed E-state index contributed by atoms with van der Waals surface area (Å²) in [5, 5.41) is 26.2. The van der Waals surface area contributed by atoms with Gasteiger partial charge in [0.2, 0.25) is 0 Å². The van der Waals surface area contributed by atoms with E-state index in [0.717, 1.165) is 24.0 Å². The Labute approximate surface area is 179 Å². The van der Waals surface area contributed by atoms with Crippen LogP contribution in [0.25, 0.3) is 22.3 Å². The first-order chi connectivity index (χ1) is 15.0. The van der Waals surface area contributed by atoms with Crippen molar-refractivity contribution in [3.05, 3.63) is 36.2 Å². The van der Waals surface area contributed by atoms with Crippen molar-refractivity contribution < 1.29 is 9.90 Å². The first-order valence-electron chi connectivity index (χ1n) is 10.6. The molecule has 2 saturated heterocycles. The molecule has 3 N–H and O–H groups in total. The number of nitrogens with zero attached hydrogens (tertiary/aromatic N) is 5. The predicted octanol–water partition coefficient (Wildman–Crippen LogP) is 1.87. The van der Waals surface area contributed by atoms with Crippen LogP contribution in [0.4, 0.5) is 5.82 Å². The minimum Gasteiger partial charge on any atom is -0.507 e. The van der Waals surface area contributed by atoms with Crippen molar-refractivity contribution in [2.24, 2.45) is 0 Å². The Kier molecular flexibility index (Phi) is 4.90. The fourth-order valence-corrected chi connectivity index (χ4v) is 4.68. The molecular formula is C22H25N7O2. The molecule has 0 aliphatic carbocycles. The number of carbonyl (C=O) groups is 1. The van der Waals surface area contributed by atoms with E-state index in [-0.39, 0.29) is 11.7 Å². The quantitative estimate of drug-likeness (QED) is 0.587. The fraction of sp³-hybridized carbons (Fsp3) is 0.409. The van der Waals surface area contributed by atoms with Crippen molar-refractivity contribution in [2.45, 2.75) is 43.8 Å². The molecule has 31 heavy (non-hydrogen) atoms. The average molecular weight is 419 g/mol. The van der Waals surface area contributed by atoms with E-state index in [2.05, 4.69) is 35.7 Å². The van der Waals surface area contributed by atoms with Crippen LogP contribution in [0.2, 0.25) is 0 Å². The zero-order chi connectivity index (χ0) is 21.5. The van der Waals surface area contributed by atoms with Crippen molar-refractivity contribution in [3.8, 4) is 17.1 Å². The number of phenols is 1. The second kappa shape index (κ2) is 7.73. The van der Waals surface area contributed by atoms with Crippen molar-refractivity contribution in [1.82, 2.24) is 30.8 Å². The van der Waals surface area contributed by atoms with Gasteiger partial charge in [0.25, 0.3) is 5.91 Å². The highest BCUT2D eigenvalue weighted by atomic mass is 16.3. The zero-order valence-electron chi connectivity index (χ0n) is 17.5. The van der Waals surface area contributed by atoms with E-state index in [1.807, 2.05) is 7.05 Å². The Morgan fingerprint density at radius 3 is 2.65 bits per heavy atom. The lowest BCUT2D eigenvalue weighted by atomic mass is 9.99. The lowest BCUT2D eigenvalue weighted by Gasteiger charge is -2.35. The Bertz CT molecular complexity index is 1120. The van der Waals surface area contributed by atoms with Crippen LogP contribution in [0.5, 0.6) is 5.75 Å². The van der Waals surface area contributed by atoms with Crippen LogP contribution >= 0.6 is 0 Å². The molecule has 2 bridgehead atoms. The van der Waals surface area contributed by atoms with Crippen molar-refractivity contribution in [2.75, 3.05) is 19.0 Å². The van der Waals surface area contributed by atoms with Gasteiger partial charge in [0, 0.05) is 43.7 Å². The number of hydrogen-bond donors (Lipinski definition) is 3. The molecule has 2 aliphatic rings. The number of piperidine rings is 1. The standard InChI is InChI=1S/C22H25N7O2/c1-23-22(31)17-6-3-12-7-16(19(30)10-18(12)26-17)21-24-11-20(27-28-21)29(2)15-8-13-4-5-14(9-15)25-13/h3,6-7,10-11,13-15,25,30H,4-5,8-9H2,1-2H3,(H,23,31). The molecule has 2 aliphatic heterocycles. The largest absolute Gasteiger partial charge is 0.507 e. The molecule has 1 amide bonds. The number of aromatic hydroxyl groups is 1. The number of hydrogen-bond acceptors (Lipinski definition) is 8. The van der Waals surface area contributed by atoms with E-state index in [1.54, 1.807) is 31.4 Å². The molecule has 9 nitrogen and oxygen atoms in total. The summed E-state index contributed by atoms with van der Waals surface area (Å²) in [6.07, 6.45) is 6.42. The third kappa shape index (κ3) is 3.65. The summed E-state index contributed by atoms with van der Waals surface area (Å²) >= 11 is 0. The van der Waals surface area contributed by atoms with E-state index in [9.17, 15) is 9.90 Å². The maximum atomic E-state index is 11.8. The molecule has 0 radical (unpaired) electrons. The van der Waals surface area contributed by atoms with Gasteiger partial charge in [-0.15, -0.1) is 10.2 Å². The fourth-order valence-electron chi connectivity index (χ4n) is 4.68. The molecule has 3 aromatic rings. The first-order valence-corrected chi connectivity index (χ1v) is 10.6. The van der Waals surface area contributed by atoms with Crippen molar-refractivity contribution in [1.29, 1.82) is 0 Å². The van der Waals surface area contributed by atoms with Crippen molar-refractivity contribution in [3.63, 3.8) is 0 Å². The minimum absolute atomic E-state index is 0.00751. The van der Waals surface area contributed by atoms with Crippen LogP contribution in [0.1, 0.15) is 36.2 Å². The summed E-state index contributed by atoms with van der Waals surface area (Å²) in [5.41, 5.74) is 1.29. The average Bonchev–Trinajstić information content (AvgIpc) is 3.14. The van der Waals surface area contributed by atoms with Gasteiger partial charge in [-0.1, -0.05) is 6.07 Å². The molecule has 5 rings (SSSR count). The maximum absolute atomic E-state index is 11.8. The van der Waals surface area contributed by atoms with E-state index in [1.165, 1.54) is 18.9 Å². The third-order valence-corrected chi connectivity index (χ3v) is 6.41. The Morgan fingerprint density at radius 1 is 1.19 bits per heavy atom. The van der Waals surface area contributed by atoms with Crippen LogP contribution in [0, 0.1) is 0 Å². The second-order valence-corrected chi connectivity index (χ2v) is 8.35. The number of rotatable bonds is 4. The molecule has 4 heterocycles. The Hall–Kier alpha value is -3.33. The molecule has 0 spiro atoms. The highest BCUT2D eigenvalue weighted by Crippen LogP contribution is 2.33. The molecule has 2 fully saturated rings. The molecule has 0 saturated carbocycles. The van der Waals surface area contributed by atoms with E-state index >= 15 is 0 Å². The highest BCUT2D eigenvalue weighted by molar-refractivity contribution is 5.95. The van der Waals surface area contributed by atoms with Gasteiger partial charge < -0.3 is 20.6 Å². The lowest BCUT2D eigenvalue weighted by molar-refractivity contribution is 0.0958. The molecule has 160 valence electrons. The minimum atomic E-state index is -0.278. The van der Waals surface area contributed by atoms with E-state index in [4.69, 9.17) is 0 Å². The number of benzene rings is 1. The van der Waals surface area contributed by atoms with Gasteiger partial charge in [-0.05, 0) is 37.8 Å². The molecular weight excluding hydrogens is 394 g/mol. The molecule has 2 aromatic heterocycles. The van der Waals surface area contributed by atoms with Gasteiger partial charge in [-0.3, -0.25) is 4.79 Å². The third-order valence-electron chi connectivity index (χ3n) is 6.41. The number of fused-ring (bicyclic) bond motifs is 3. The second-order valence-electron chi connectivity index (χ2n) is 8.35. The Balaban J connectivity index is 1.40. The summed E-state index contributed by atoms with van der Waals surface area (Å²) in [4.78, 5) is 22.7. The summed E-state index contributed by atoms with van der Waals surface area (Å²) in [7, 11) is 3.60. The number of anilines is 1. The van der Waals surface area contributed by atoms with Crippen molar-refractivity contribution >= 4 is 22.6 Å². The van der Waals surface area contributed by atoms with Crippen LogP contribution in [0.15, 0.2) is 30.5 Å². The normalized spacial score (nSPS) is 22.5. The summed E-state index contributed by atoms with van der Waals surface area (Å²) < 4.78 is 0. The zero-order valence-corrected chi connectivity index (χ0v) is 17.5. The molecule has 2 atom stereocenters. The highest BCUT2D eigenvalue weighted by Gasteiger charge is 2.35.